The summed E-state index contributed by atoms with van der Waals surface area (Å²) in [6, 6.07) is 6.29. The fraction of sp³-hybridized carbons (Fsp3) is 0.625. The lowest BCUT2D eigenvalue weighted by Gasteiger charge is -2.41. The van der Waals surface area contributed by atoms with Gasteiger partial charge in [0, 0.05) is 10.6 Å². The van der Waals surface area contributed by atoms with Crippen LogP contribution < -0.4 is 5.73 Å². The van der Waals surface area contributed by atoms with E-state index < -0.39 is 0 Å². The van der Waals surface area contributed by atoms with E-state index in [2.05, 4.69) is 32.9 Å². The van der Waals surface area contributed by atoms with Gasteiger partial charge in [-0.3, -0.25) is 0 Å². The Balaban J connectivity index is 2.09. The highest BCUT2D eigenvalue weighted by atomic mass is 35.5. The molecule has 1 fully saturated rings. The van der Waals surface area contributed by atoms with Gasteiger partial charge in [0.25, 0.3) is 0 Å². The molecule has 1 aliphatic rings. The molecule has 2 N–H and O–H groups in total. The first kappa shape index (κ1) is 13.9. The highest BCUT2D eigenvalue weighted by Gasteiger charge is 2.35. The molecule has 2 rings (SSSR count). The molecule has 0 bridgehead atoms. The second kappa shape index (κ2) is 4.86. The third kappa shape index (κ3) is 3.27. The number of hydrogen-bond acceptors (Lipinski definition) is 1. The molecule has 0 aliphatic heterocycles. The zero-order valence-corrected chi connectivity index (χ0v) is 12.5. The monoisotopic (exact) mass is 265 g/mol. The predicted octanol–water partition coefficient (Wildman–Crippen LogP) is 4.49. The molecule has 1 saturated carbocycles. The first-order chi connectivity index (χ1) is 8.30. The molecule has 0 spiro atoms. The van der Waals surface area contributed by atoms with Crippen molar-refractivity contribution in [3.8, 4) is 0 Å². The number of benzene rings is 1. The van der Waals surface area contributed by atoms with Crippen molar-refractivity contribution in [3.05, 3.63) is 34.3 Å². The molecule has 1 aromatic rings. The minimum atomic E-state index is -0.0611. The molecule has 0 aromatic heterocycles. The first-order valence-corrected chi connectivity index (χ1v) is 7.21. The third-order valence-electron chi connectivity index (χ3n) is 4.35. The van der Waals surface area contributed by atoms with E-state index in [0.717, 1.165) is 24.3 Å². The van der Waals surface area contributed by atoms with E-state index in [4.69, 9.17) is 17.3 Å². The molecule has 1 aromatic carbocycles. The molecule has 1 aliphatic carbocycles. The second-order valence-corrected chi connectivity index (χ2v) is 7.21. The normalized spacial score (nSPS) is 21.8. The summed E-state index contributed by atoms with van der Waals surface area (Å²) in [5, 5.41) is 0.865. The lowest BCUT2D eigenvalue weighted by molar-refractivity contribution is 0.164. The maximum absolute atomic E-state index is 6.56. The van der Waals surface area contributed by atoms with E-state index in [-0.39, 0.29) is 5.54 Å². The van der Waals surface area contributed by atoms with Crippen LogP contribution in [0.5, 0.6) is 0 Å². The van der Waals surface area contributed by atoms with Crippen LogP contribution in [0, 0.1) is 12.3 Å². The Labute approximate surface area is 116 Å². The zero-order chi connectivity index (χ0) is 13.4. The van der Waals surface area contributed by atoms with Crippen LogP contribution >= 0.6 is 11.6 Å². The molecule has 100 valence electrons. The lowest BCUT2D eigenvalue weighted by Crippen LogP contribution is -2.46. The summed E-state index contributed by atoms with van der Waals surface area (Å²) < 4.78 is 0. The van der Waals surface area contributed by atoms with Gasteiger partial charge in [-0.25, -0.2) is 0 Å². The van der Waals surface area contributed by atoms with E-state index in [1.54, 1.807) is 0 Å². The van der Waals surface area contributed by atoms with Gasteiger partial charge in [0.05, 0.1) is 0 Å². The minimum Gasteiger partial charge on any atom is -0.325 e. The van der Waals surface area contributed by atoms with Crippen LogP contribution in [0.25, 0.3) is 0 Å². The number of hydrogen-bond donors (Lipinski definition) is 1. The van der Waals surface area contributed by atoms with Crippen LogP contribution in [-0.2, 0) is 6.42 Å². The second-order valence-electron chi connectivity index (χ2n) is 6.80. The average Bonchev–Trinajstić information content (AvgIpc) is 2.28. The Bertz CT molecular complexity index is 427. The van der Waals surface area contributed by atoms with Gasteiger partial charge in [-0.2, -0.15) is 0 Å². The maximum atomic E-state index is 6.56. The van der Waals surface area contributed by atoms with E-state index >= 15 is 0 Å². The summed E-state index contributed by atoms with van der Waals surface area (Å²) in [5.41, 5.74) is 9.36. The summed E-state index contributed by atoms with van der Waals surface area (Å²) in [4.78, 5) is 0. The van der Waals surface area contributed by atoms with Gasteiger partial charge in [0.15, 0.2) is 0 Å². The molecular weight excluding hydrogens is 242 g/mol. The van der Waals surface area contributed by atoms with E-state index in [1.807, 2.05) is 6.07 Å². The third-order valence-corrected chi connectivity index (χ3v) is 4.70. The van der Waals surface area contributed by atoms with Crippen LogP contribution in [0.2, 0.25) is 5.02 Å². The SMILES string of the molecule is Cc1ccc(CC2(N)CCC(C)(C)CC2)c(Cl)c1. The quantitative estimate of drug-likeness (QED) is 0.838. The summed E-state index contributed by atoms with van der Waals surface area (Å²) in [7, 11) is 0. The number of aryl methyl sites for hydroxylation is 1. The number of rotatable bonds is 2. The van der Waals surface area contributed by atoms with Gasteiger partial charge in [0.1, 0.15) is 0 Å². The van der Waals surface area contributed by atoms with Crippen molar-refractivity contribution in [2.45, 2.75) is 58.4 Å². The molecule has 0 heterocycles. The molecule has 0 radical (unpaired) electrons. The molecule has 1 nitrogen and oxygen atoms in total. The van der Waals surface area contributed by atoms with Crippen LogP contribution in [-0.4, -0.2) is 5.54 Å². The van der Waals surface area contributed by atoms with Crippen molar-refractivity contribution >= 4 is 11.6 Å². The van der Waals surface area contributed by atoms with Crippen molar-refractivity contribution in [1.29, 1.82) is 0 Å². The Kier molecular flexibility index (Phi) is 3.75. The smallest absolute Gasteiger partial charge is 0.0441 e. The Morgan fingerprint density at radius 1 is 1.17 bits per heavy atom. The van der Waals surface area contributed by atoms with Gasteiger partial charge in [-0.15, -0.1) is 0 Å². The largest absolute Gasteiger partial charge is 0.325 e. The standard InChI is InChI=1S/C16H24ClN/c1-12-4-5-13(14(17)10-12)11-16(18)8-6-15(2,3)7-9-16/h4-5,10H,6-9,11,18H2,1-3H3. The summed E-state index contributed by atoms with van der Waals surface area (Å²) in [6.45, 7) is 6.74. The molecular formula is C16H24ClN. The maximum Gasteiger partial charge on any atom is 0.0441 e. The molecule has 0 unspecified atom stereocenters. The molecule has 0 atom stereocenters. The highest BCUT2D eigenvalue weighted by molar-refractivity contribution is 6.31. The van der Waals surface area contributed by atoms with Gasteiger partial charge in [-0.1, -0.05) is 37.6 Å². The molecule has 0 saturated heterocycles. The van der Waals surface area contributed by atoms with E-state index in [9.17, 15) is 0 Å². The van der Waals surface area contributed by atoms with Crippen LogP contribution in [0.1, 0.15) is 50.7 Å². The summed E-state index contributed by atoms with van der Waals surface area (Å²) in [5.74, 6) is 0. The van der Waals surface area contributed by atoms with E-state index in [0.29, 0.717) is 5.41 Å². The average molecular weight is 266 g/mol. The fourth-order valence-corrected chi connectivity index (χ4v) is 3.08. The van der Waals surface area contributed by atoms with Gasteiger partial charge < -0.3 is 5.73 Å². The molecule has 2 heteroatoms. The Morgan fingerprint density at radius 2 is 1.78 bits per heavy atom. The number of halogens is 1. The predicted molar refractivity (Wildman–Crippen MR) is 79.1 cm³/mol. The van der Waals surface area contributed by atoms with Gasteiger partial charge in [0.2, 0.25) is 0 Å². The van der Waals surface area contributed by atoms with Crippen LogP contribution in [0.15, 0.2) is 18.2 Å². The van der Waals surface area contributed by atoms with Crippen molar-refractivity contribution in [1.82, 2.24) is 0 Å². The van der Waals surface area contributed by atoms with E-state index in [1.165, 1.54) is 24.0 Å². The first-order valence-electron chi connectivity index (χ1n) is 6.84. The van der Waals surface area contributed by atoms with Crippen molar-refractivity contribution < 1.29 is 0 Å². The topological polar surface area (TPSA) is 26.0 Å². The van der Waals surface area contributed by atoms with Gasteiger partial charge in [-0.05, 0) is 61.6 Å². The highest BCUT2D eigenvalue weighted by Crippen LogP contribution is 2.40. The number of nitrogens with two attached hydrogens (primary N) is 1. The van der Waals surface area contributed by atoms with Crippen LogP contribution in [0.4, 0.5) is 0 Å². The summed E-state index contributed by atoms with van der Waals surface area (Å²) in [6.07, 6.45) is 5.54. The fourth-order valence-electron chi connectivity index (χ4n) is 2.78. The minimum absolute atomic E-state index is 0.0611. The Morgan fingerprint density at radius 3 is 2.33 bits per heavy atom. The van der Waals surface area contributed by atoms with Gasteiger partial charge >= 0.3 is 0 Å². The lowest BCUT2D eigenvalue weighted by atomic mass is 9.68. The van der Waals surface area contributed by atoms with Crippen molar-refractivity contribution in [3.63, 3.8) is 0 Å². The molecule has 18 heavy (non-hydrogen) atoms. The zero-order valence-electron chi connectivity index (χ0n) is 11.7. The summed E-state index contributed by atoms with van der Waals surface area (Å²) >= 11 is 6.31. The van der Waals surface area contributed by atoms with Crippen molar-refractivity contribution in [2.24, 2.45) is 11.1 Å². The molecule has 0 amide bonds. The van der Waals surface area contributed by atoms with Crippen LogP contribution in [0.3, 0.4) is 0 Å². The van der Waals surface area contributed by atoms with Crippen molar-refractivity contribution in [2.75, 3.05) is 0 Å². The Hall–Kier alpha value is -0.530.